The Labute approximate surface area is 369 Å². The SMILES string of the molecule is CCC1CC(CC)C2(c3ccccc3-c3c(-c4ccc(-c5ccc(N(c6ccc(-c7ccccc7)cc6)c6ccc(-c7ccccc7)cc6)cc5)cc4)cccc32)C(C(C)C)C1. The van der Waals surface area contributed by atoms with E-state index >= 15 is 0 Å². The molecule has 1 saturated carbocycles. The van der Waals surface area contributed by atoms with Crippen LogP contribution in [0.2, 0.25) is 0 Å². The van der Waals surface area contributed by atoms with Gasteiger partial charge in [-0.05, 0) is 140 Å². The Morgan fingerprint density at radius 1 is 0.419 bits per heavy atom. The van der Waals surface area contributed by atoms with Crippen molar-refractivity contribution >= 4 is 17.1 Å². The van der Waals surface area contributed by atoms with Gasteiger partial charge in [0, 0.05) is 22.5 Å². The first-order valence-corrected chi connectivity index (χ1v) is 23.0. The molecule has 8 aromatic rings. The van der Waals surface area contributed by atoms with Crippen LogP contribution < -0.4 is 4.90 Å². The molecule has 62 heavy (non-hydrogen) atoms. The van der Waals surface area contributed by atoms with Gasteiger partial charge in [-0.2, -0.15) is 0 Å². The molecule has 0 saturated heterocycles. The van der Waals surface area contributed by atoms with Gasteiger partial charge in [-0.15, -0.1) is 0 Å². The predicted octanol–water partition coefficient (Wildman–Crippen LogP) is 17.2. The summed E-state index contributed by atoms with van der Waals surface area (Å²) in [4.78, 5) is 2.36. The Balaban J connectivity index is 0.986. The molecule has 0 bridgehead atoms. The first kappa shape index (κ1) is 39.7. The van der Waals surface area contributed by atoms with Crippen molar-refractivity contribution in [3.05, 3.63) is 211 Å². The highest BCUT2D eigenvalue weighted by Crippen LogP contribution is 2.65. The number of fused-ring (bicyclic) bond motifs is 5. The van der Waals surface area contributed by atoms with Gasteiger partial charge in [0.15, 0.2) is 0 Å². The molecule has 1 spiro atoms. The number of rotatable bonds is 10. The summed E-state index contributed by atoms with van der Waals surface area (Å²) < 4.78 is 0. The van der Waals surface area contributed by atoms with Crippen LogP contribution in [0.3, 0.4) is 0 Å². The number of anilines is 3. The van der Waals surface area contributed by atoms with E-state index in [-0.39, 0.29) is 5.41 Å². The molecule has 4 unspecified atom stereocenters. The van der Waals surface area contributed by atoms with Crippen LogP contribution in [0.15, 0.2) is 200 Å². The Kier molecular flexibility index (Phi) is 10.7. The molecule has 0 radical (unpaired) electrons. The van der Waals surface area contributed by atoms with Crippen LogP contribution in [0.5, 0.6) is 0 Å². The highest BCUT2D eigenvalue weighted by Gasteiger charge is 2.56. The van der Waals surface area contributed by atoms with Crippen LogP contribution >= 0.6 is 0 Å². The average Bonchev–Trinajstić information content (AvgIpc) is 3.63. The third kappa shape index (κ3) is 6.89. The Morgan fingerprint density at radius 3 is 1.32 bits per heavy atom. The molecular formula is C61H57N. The van der Waals surface area contributed by atoms with Crippen molar-refractivity contribution in [1.82, 2.24) is 0 Å². The molecule has 0 N–H and O–H groups in total. The van der Waals surface area contributed by atoms with Gasteiger partial charge in [-0.3, -0.25) is 0 Å². The van der Waals surface area contributed by atoms with Gasteiger partial charge in [0.1, 0.15) is 0 Å². The molecular weight excluding hydrogens is 747 g/mol. The van der Waals surface area contributed by atoms with E-state index in [1.54, 1.807) is 11.1 Å². The summed E-state index contributed by atoms with van der Waals surface area (Å²) in [5, 5.41) is 0. The molecule has 8 aromatic carbocycles. The molecule has 2 aliphatic rings. The van der Waals surface area contributed by atoms with Gasteiger partial charge in [-0.25, -0.2) is 0 Å². The minimum atomic E-state index is 0.0555. The lowest BCUT2D eigenvalue weighted by Crippen LogP contribution is -2.49. The van der Waals surface area contributed by atoms with Crippen molar-refractivity contribution in [2.24, 2.45) is 23.7 Å². The lowest BCUT2D eigenvalue weighted by Gasteiger charge is -2.53. The Morgan fingerprint density at radius 2 is 0.839 bits per heavy atom. The maximum atomic E-state index is 2.50. The molecule has 0 amide bonds. The molecule has 0 aliphatic heterocycles. The van der Waals surface area contributed by atoms with Crippen molar-refractivity contribution in [2.75, 3.05) is 4.90 Å². The Bertz CT molecular complexity index is 2680. The van der Waals surface area contributed by atoms with Crippen molar-refractivity contribution in [1.29, 1.82) is 0 Å². The molecule has 10 rings (SSSR count). The zero-order valence-corrected chi connectivity index (χ0v) is 36.6. The summed E-state index contributed by atoms with van der Waals surface area (Å²) >= 11 is 0. The van der Waals surface area contributed by atoms with Gasteiger partial charge in [-0.1, -0.05) is 204 Å². The number of benzene rings is 8. The molecule has 1 nitrogen and oxygen atoms in total. The summed E-state index contributed by atoms with van der Waals surface area (Å²) in [7, 11) is 0. The maximum absolute atomic E-state index is 2.50. The second-order valence-corrected chi connectivity index (χ2v) is 18.1. The number of hydrogen-bond donors (Lipinski definition) is 0. The summed E-state index contributed by atoms with van der Waals surface area (Å²) in [6, 6.07) is 74.2. The fourth-order valence-corrected chi connectivity index (χ4v) is 11.6. The van der Waals surface area contributed by atoms with E-state index < -0.39 is 0 Å². The van der Waals surface area contributed by atoms with E-state index in [2.05, 4.69) is 233 Å². The third-order valence-corrected chi connectivity index (χ3v) is 14.6. The lowest BCUT2D eigenvalue weighted by molar-refractivity contribution is 0.0635. The maximum Gasteiger partial charge on any atom is 0.0462 e. The zero-order chi connectivity index (χ0) is 42.2. The zero-order valence-electron chi connectivity index (χ0n) is 36.6. The minimum absolute atomic E-state index is 0.0555. The second-order valence-electron chi connectivity index (χ2n) is 18.1. The molecule has 1 fully saturated rings. The largest absolute Gasteiger partial charge is 0.311 e. The Hall–Kier alpha value is -6.44. The molecule has 1 heteroatoms. The second kappa shape index (κ2) is 16.8. The van der Waals surface area contributed by atoms with E-state index in [9.17, 15) is 0 Å². The fourth-order valence-electron chi connectivity index (χ4n) is 11.6. The van der Waals surface area contributed by atoms with Crippen molar-refractivity contribution in [3.8, 4) is 55.6 Å². The third-order valence-electron chi connectivity index (χ3n) is 14.6. The molecule has 0 heterocycles. The summed E-state index contributed by atoms with van der Waals surface area (Å²) in [5.41, 5.74) is 19.4. The van der Waals surface area contributed by atoms with Crippen LogP contribution in [0.4, 0.5) is 17.1 Å². The van der Waals surface area contributed by atoms with Crippen molar-refractivity contribution in [2.45, 2.75) is 58.8 Å². The van der Waals surface area contributed by atoms with Crippen LogP contribution in [0.1, 0.15) is 64.5 Å². The predicted molar refractivity (Wildman–Crippen MR) is 264 cm³/mol. The van der Waals surface area contributed by atoms with E-state index in [0.29, 0.717) is 17.8 Å². The number of nitrogens with zero attached hydrogens (tertiary/aromatic N) is 1. The van der Waals surface area contributed by atoms with E-state index in [0.717, 1.165) is 23.0 Å². The minimum Gasteiger partial charge on any atom is -0.311 e. The van der Waals surface area contributed by atoms with Gasteiger partial charge < -0.3 is 4.90 Å². The molecule has 306 valence electrons. The van der Waals surface area contributed by atoms with Gasteiger partial charge >= 0.3 is 0 Å². The quantitative estimate of drug-likeness (QED) is 0.133. The first-order valence-electron chi connectivity index (χ1n) is 23.0. The van der Waals surface area contributed by atoms with Gasteiger partial charge in [0.25, 0.3) is 0 Å². The first-order chi connectivity index (χ1) is 30.5. The highest BCUT2D eigenvalue weighted by molar-refractivity contribution is 5.93. The standard InChI is InChI=1S/C61H57N/c1-5-43-40-51(6-2)61(59(41-43)42(3)4)57-22-14-13-20-56(57)60-55(21-15-23-58(60)61)50-26-24-46(25-27-50)49-32-38-54(39-33-49)62(52-34-28-47(29-35-52)44-16-9-7-10-17-44)53-36-30-48(31-37-53)45-18-11-8-12-19-45/h7-39,42-43,51,59H,5-6,40-41H2,1-4H3. The van der Waals surface area contributed by atoms with Crippen LogP contribution in [0.25, 0.3) is 55.6 Å². The highest BCUT2D eigenvalue weighted by atomic mass is 15.1. The van der Waals surface area contributed by atoms with Crippen molar-refractivity contribution < 1.29 is 0 Å². The van der Waals surface area contributed by atoms with E-state index in [1.807, 2.05) is 0 Å². The van der Waals surface area contributed by atoms with Gasteiger partial charge in [0.05, 0.1) is 0 Å². The van der Waals surface area contributed by atoms with Crippen LogP contribution in [-0.4, -0.2) is 0 Å². The van der Waals surface area contributed by atoms with Gasteiger partial charge in [0.2, 0.25) is 0 Å². The molecule has 4 atom stereocenters. The summed E-state index contributed by atoms with van der Waals surface area (Å²) in [6.45, 7) is 9.82. The average molecular weight is 804 g/mol. The lowest BCUT2D eigenvalue weighted by atomic mass is 9.50. The van der Waals surface area contributed by atoms with Crippen LogP contribution in [-0.2, 0) is 5.41 Å². The molecule has 0 aromatic heterocycles. The monoisotopic (exact) mass is 803 g/mol. The molecule has 2 aliphatic carbocycles. The van der Waals surface area contributed by atoms with E-state index in [4.69, 9.17) is 0 Å². The normalized spacial score (nSPS) is 19.0. The fraction of sp³-hybridized carbons (Fsp3) is 0.213. The topological polar surface area (TPSA) is 3.24 Å². The summed E-state index contributed by atoms with van der Waals surface area (Å²) in [6.07, 6.45) is 5.13. The summed E-state index contributed by atoms with van der Waals surface area (Å²) in [5.74, 6) is 2.67. The van der Waals surface area contributed by atoms with E-state index in [1.165, 1.54) is 81.3 Å². The number of hydrogen-bond acceptors (Lipinski definition) is 1. The van der Waals surface area contributed by atoms with Crippen molar-refractivity contribution in [3.63, 3.8) is 0 Å². The van der Waals surface area contributed by atoms with Crippen LogP contribution in [0, 0.1) is 23.7 Å². The smallest absolute Gasteiger partial charge is 0.0462 e.